The largest absolute Gasteiger partial charge is 0.544 e. The van der Waals surface area contributed by atoms with E-state index >= 15 is 0 Å². The van der Waals surface area contributed by atoms with Gasteiger partial charge in [0.25, 0.3) is 11.1 Å². The van der Waals surface area contributed by atoms with Crippen LogP contribution in [-0.4, -0.2) is 27.8 Å². The third-order valence-corrected chi connectivity index (χ3v) is 4.51. The molecule has 0 spiro atoms. The average molecular weight is 371 g/mol. The van der Waals surface area contributed by atoms with Gasteiger partial charge in [-0.05, 0) is 30.8 Å². The standard InChI is InChI=1S/C17H16N4O4S/c1-3-14-18-19-17(25-14)26-13(16(23)24)9-12-10(2)20-21(15(12)22)11-7-5-4-6-8-11/h4-9,12H,3H2,1-2H3,(H,23,24)/p-1/b13-9-/t12-/m0/s1. The minimum Gasteiger partial charge on any atom is -0.544 e. The van der Waals surface area contributed by atoms with E-state index in [9.17, 15) is 14.7 Å². The number of anilines is 1. The van der Waals surface area contributed by atoms with Gasteiger partial charge < -0.3 is 14.3 Å². The van der Waals surface area contributed by atoms with E-state index in [-0.39, 0.29) is 16.0 Å². The van der Waals surface area contributed by atoms with Crippen molar-refractivity contribution in [3.8, 4) is 0 Å². The number of aromatic nitrogens is 2. The molecule has 26 heavy (non-hydrogen) atoms. The lowest BCUT2D eigenvalue weighted by atomic mass is 10.0. The number of carboxylic acids is 1. The molecule has 1 atom stereocenters. The zero-order valence-corrected chi connectivity index (χ0v) is 14.9. The quantitative estimate of drug-likeness (QED) is 0.557. The fourth-order valence-corrected chi connectivity index (χ4v) is 3.03. The molecule has 3 rings (SSSR count). The number of carbonyl (C=O) groups is 2. The van der Waals surface area contributed by atoms with Gasteiger partial charge >= 0.3 is 0 Å². The van der Waals surface area contributed by atoms with Crippen LogP contribution < -0.4 is 10.1 Å². The van der Waals surface area contributed by atoms with E-state index in [1.54, 1.807) is 31.2 Å². The van der Waals surface area contributed by atoms with Gasteiger partial charge in [0.15, 0.2) is 0 Å². The number of carbonyl (C=O) groups excluding carboxylic acids is 2. The Balaban J connectivity index is 1.85. The van der Waals surface area contributed by atoms with Gasteiger partial charge in [-0.1, -0.05) is 31.2 Å². The van der Waals surface area contributed by atoms with Crippen LogP contribution >= 0.6 is 11.8 Å². The Morgan fingerprint density at radius 3 is 2.69 bits per heavy atom. The van der Waals surface area contributed by atoms with E-state index in [1.165, 1.54) is 11.1 Å². The van der Waals surface area contributed by atoms with Gasteiger partial charge in [-0.2, -0.15) is 10.1 Å². The highest BCUT2D eigenvalue weighted by Crippen LogP contribution is 2.30. The number of amides is 1. The Hall–Kier alpha value is -2.94. The summed E-state index contributed by atoms with van der Waals surface area (Å²) in [6.45, 7) is 3.51. The molecule has 2 aromatic rings. The maximum atomic E-state index is 12.7. The topological polar surface area (TPSA) is 112 Å². The van der Waals surface area contributed by atoms with Crippen LogP contribution in [0.1, 0.15) is 19.7 Å². The maximum Gasteiger partial charge on any atom is 0.281 e. The zero-order chi connectivity index (χ0) is 18.7. The smallest absolute Gasteiger partial charge is 0.281 e. The molecule has 9 heteroatoms. The fourth-order valence-electron chi connectivity index (χ4n) is 2.34. The first-order chi connectivity index (χ1) is 12.5. The number of carboxylic acid groups (broad SMARTS) is 1. The van der Waals surface area contributed by atoms with Crippen molar-refractivity contribution in [1.82, 2.24) is 10.2 Å². The molecule has 0 N–H and O–H groups in total. The fraction of sp³-hybridized carbons (Fsp3) is 0.235. The van der Waals surface area contributed by atoms with Crippen molar-refractivity contribution < 1.29 is 19.1 Å². The number of para-hydroxylation sites is 1. The highest BCUT2D eigenvalue weighted by atomic mass is 32.2. The Labute approximate surface area is 153 Å². The summed E-state index contributed by atoms with van der Waals surface area (Å²) in [5.41, 5.74) is 1.10. The molecule has 0 aliphatic carbocycles. The lowest BCUT2D eigenvalue weighted by molar-refractivity contribution is -0.298. The van der Waals surface area contributed by atoms with Gasteiger partial charge in [0.05, 0.1) is 23.3 Å². The van der Waals surface area contributed by atoms with Crippen LogP contribution in [0, 0.1) is 5.92 Å². The van der Waals surface area contributed by atoms with Gasteiger partial charge in [0.1, 0.15) is 0 Å². The van der Waals surface area contributed by atoms with Crippen LogP contribution in [0.5, 0.6) is 0 Å². The molecule has 134 valence electrons. The highest BCUT2D eigenvalue weighted by molar-refractivity contribution is 8.03. The summed E-state index contributed by atoms with van der Waals surface area (Å²) in [4.78, 5) is 24.0. The summed E-state index contributed by atoms with van der Waals surface area (Å²) >= 11 is 0.754. The Morgan fingerprint density at radius 1 is 1.35 bits per heavy atom. The number of hydrogen-bond donors (Lipinski definition) is 0. The third kappa shape index (κ3) is 3.67. The lowest BCUT2D eigenvalue weighted by Gasteiger charge is -2.13. The second-order valence-corrected chi connectivity index (χ2v) is 6.43. The minimum absolute atomic E-state index is 0.0808. The van der Waals surface area contributed by atoms with E-state index in [0.29, 0.717) is 23.7 Å². The minimum atomic E-state index is -1.43. The van der Waals surface area contributed by atoms with Gasteiger partial charge in [-0.25, -0.2) is 0 Å². The summed E-state index contributed by atoms with van der Waals surface area (Å²) in [5.74, 6) is -2.17. The summed E-state index contributed by atoms with van der Waals surface area (Å²) in [6, 6.07) is 8.91. The summed E-state index contributed by atoms with van der Waals surface area (Å²) in [5, 5.41) is 24.6. The predicted molar refractivity (Wildman–Crippen MR) is 93.2 cm³/mol. The van der Waals surface area contributed by atoms with Crippen molar-refractivity contribution in [2.75, 3.05) is 5.01 Å². The Bertz CT molecular complexity index is 891. The van der Waals surface area contributed by atoms with Crippen molar-refractivity contribution in [3.63, 3.8) is 0 Å². The van der Waals surface area contributed by atoms with Crippen molar-refractivity contribution in [2.45, 2.75) is 25.5 Å². The molecule has 1 aromatic carbocycles. The Morgan fingerprint density at radius 2 is 2.08 bits per heavy atom. The molecule has 1 aliphatic rings. The average Bonchev–Trinajstić information content (AvgIpc) is 3.20. The number of nitrogens with zero attached hydrogens (tertiary/aromatic N) is 4. The van der Waals surface area contributed by atoms with Crippen LogP contribution in [0.25, 0.3) is 0 Å². The van der Waals surface area contributed by atoms with Crippen LogP contribution in [0.3, 0.4) is 0 Å². The van der Waals surface area contributed by atoms with Crippen molar-refractivity contribution in [3.05, 3.63) is 47.2 Å². The number of benzene rings is 1. The molecule has 0 bridgehead atoms. The zero-order valence-electron chi connectivity index (χ0n) is 14.1. The highest BCUT2D eigenvalue weighted by Gasteiger charge is 2.33. The molecule has 2 heterocycles. The van der Waals surface area contributed by atoms with Crippen LogP contribution in [0.2, 0.25) is 0 Å². The SMILES string of the molecule is CCc1nnc(S/C(=C\[C@@H]2C(=O)N(c3ccccc3)N=C2C)C(=O)[O-])o1. The van der Waals surface area contributed by atoms with Gasteiger partial charge in [-0.15, -0.1) is 10.2 Å². The molecule has 0 saturated carbocycles. The van der Waals surface area contributed by atoms with Crippen LogP contribution in [0.15, 0.2) is 56.1 Å². The van der Waals surface area contributed by atoms with Gasteiger partial charge in [0.2, 0.25) is 5.89 Å². The normalized spacial score (nSPS) is 17.5. The Kier molecular flexibility index (Phi) is 5.17. The van der Waals surface area contributed by atoms with E-state index in [1.807, 2.05) is 13.0 Å². The summed E-state index contributed by atoms with van der Waals surface area (Å²) in [7, 11) is 0. The van der Waals surface area contributed by atoms with E-state index < -0.39 is 11.9 Å². The maximum absolute atomic E-state index is 12.7. The third-order valence-electron chi connectivity index (χ3n) is 3.65. The molecule has 1 amide bonds. The predicted octanol–water partition coefficient (Wildman–Crippen LogP) is 1.40. The van der Waals surface area contributed by atoms with Crippen LogP contribution in [0.4, 0.5) is 5.69 Å². The number of rotatable bonds is 6. The molecule has 0 radical (unpaired) electrons. The number of hydrazone groups is 1. The molecular weight excluding hydrogens is 356 g/mol. The first-order valence-corrected chi connectivity index (χ1v) is 8.68. The molecular formula is C17H15N4O4S-. The lowest BCUT2D eigenvalue weighted by Crippen LogP contribution is -2.28. The molecule has 1 aliphatic heterocycles. The summed E-state index contributed by atoms with van der Waals surface area (Å²) < 4.78 is 5.31. The number of aryl methyl sites for hydroxylation is 1. The van der Waals surface area contributed by atoms with E-state index in [4.69, 9.17) is 4.42 Å². The number of hydrogen-bond acceptors (Lipinski definition) is 8. The summed E-state index contributed by atoms with van der Waals surface area (Å²) in [6.07, 6.45) is 1.84. The van der Waals surface area contributed by atoms with Gasteiger partial charge in [0, 0.05) is 11.3 Å². The number of thioether (sulfide) groups is 1. The first-order valence-electron chi connectivity index (χ1n) is 7.87. The van der Waals surface area contributed by atoms with E-state index in [0.717, 1.165) is 11.8 Å². The molecule has 1 aromatic heterocycles. The van der Waals surface area contributed by atoms with Crippen molar-refractivity contribution >= 4 is 35.0 Å². The molecule has 8 nitrogen and oxygen atoms in total. The molecule has 0 fully saturated rings. The first kappa shape index (κ1) is 17.9. The second-order valence-electron chi connectivity index (χ2n) is 5.44. The molecule has 0 saturated heterocycles. The van der Waals surface area contributed by atoms with Crippen molar-refractivity contribution in [1.29, 1.82) is 0 Å². The van der Waals surface area contributed by atoms with Crippen molar-refractivity contribution in [2.24, 2.45) is 11.0 Å². The van der Waals surface area contributed by atoms with Gasteiger partial charge in [-0.3, -0.25) is 4.79 Å². The monoisotopic (exact) mass is 371 g/mol. The van der Waals surface area contributed by atoms with Crippen LogP contribution in [-0.2, 0) is 16.0 Å². The second kappa shape index (κ2) is 7.52. The number of aliphatic carboxylic acids is 1. The molecule has 0 unspecified atom stereocenters. The van der Waals surface area contributed by atoms with E-state index in [2.05, 4.69) is 15.3 Å².